The van der Waals surface area contributed by atoms with Crippen LogP contribution >= 0.6 is 0 Å². The van der Waals surface area contributed by atoms with Crippen LogP contribution in [0.1, 0.15) is 61.0 Å². The van der Waals surface area contributed by atoms with Crippen LogP contribution < -0.4 is 24.8 Å². The topological polar surface area (TPSA) is 166 Å². The molecule has 0 fully saturated rings. The number of nitrogens with one attached hydrogen (secondary N) is 2. The lowest BCUT2D eigenvalue weighted by Crippen LogP contribution is -2.38. The fourth-order valence-corrected chi connectivity index (χ4v) is 4.66. The van der Waals surface area contributed by atoms with E-state index in [0.29, 0.717) is 35.9 Å². The second kappa shape index (κ2) is 14.4. The molecule has 1 aliphatic rings. The first-order valence-electron chi connectivity index (χ1n) is 13.7. The summed E-state index contributed by atoms with van der Waals surface area (Å²) in [4.78, 5) is 4.00. The first-order chi connectivity index (χ1) is 19.9. The van der Waals surface area contributed by atoms with Crippen LogP contribution in [0.2, 0.25) is 0 Å². The molecule has 0 radical (unpaired) electrons. The van der Waals surface area contributed by atoms with E-state index in [0.717, 1.165) is 29.7 Å². The highest BCUT2D eigenvalue weighted by Gasteiger charge is 2.23. The Balaban J connectivity index is 0.000000250. The van der Waals surface area contributed by atoms with E-state index in [2.05, 4.69) is 15.6 Å². The smallest absolute Gasteiger partial charge is 0.203 e. The fraction of sp³-hybridized carbons (Fsp3) is 0.452. The van der Waals surface area contributed by atoms with Crippen LogP contribution in [0.25, 0.3) is 0 Å². The van der Waals surface area contributed by atoms with Crippen molar-refractivity contribution in [3.8, 4) is 34.5 Å². The minimum absolute atomic E-state index is 0.0260. The lowest BCUT2D eigenvalue weighted by molar-refractivity contribution is 0.158. The van der Waals surface area contributed by atoms with Crippen molar-refractivity contribution < 1.29 is 39.7 Å². The normalized spacial score (nSPS) is 15.2. The van der Waals surface area contributed by atoms with E-state index in [1.54, 1.807) is 39.5 Å². The number of β-amino-alcohol motifs (C(OH)–C–C–N with tert-alkyl or cyclic N) is 1. The number of rotatable bonds is 9. The zero-order valence-corrected chi connectivity index (χ0v) is 25.1. The van der Waals surface area contributed by atoms with Gasteiger partial charge in [-0.2, -0.15) is 0 Å². The molecule has 11 nitrogen and oxygen atoms in total. The Hall–Kier alpha value is -3.77. The highest BCUT2D eigenvalue weighted by atomic mass is 16.5. The molecule has 0 saturated heterocycles. The van der Waals surface area contributed by atoms with Crippen LogP contribution in [0.5, 0.6) is 34.5 Å². The van der Waals surface area contributed by atoms with Gasteiger partial charge in [0.1, 0.15) is 17.5 Å². The van der Waals surface area contributed by atoms with Gasteiger partial charge in [-0.1, -0.05) is 0 Å². The third kappa shape index (κ3) is 8.39. The maximum atomic E-state index is 9.91. The summed E-state index contributed by atoms with van der Waals surface area (Å²) in [5.41, 5.74) is 3.59. The van der Waals surface area contributed by atoms with Crippen molar-refractivity contribution >= 4 is 0 Å². The van der Waals surface area contributed by atoms with Gasteiger partial charge in [0, 0.05) is 18.1 Å². The summed E-state index contributed by atoms with van der Waals surface area (Å²) < 4.78 is 16.2. The molecule has 0 amide bonds. The monoisotopic (exact) mass is 585 g/mol. The van der Waals surface area contributed by atoms with Crippen LogP contribution in [-0.4, -0.2) is 70.5 Å². The summed E-state index contributed by atoms with van der Waals surface area (Å²) in [5.74, 6) is 1.55. The molecule has 0 aliphatic carbocycles. The predicted octanol–water partition coefficient (Wildman–Crippen LogP) is 3.25. The second-order valence-corrected chi connectivity index (χ2v) is 11.0. The number of pyridine rings is 1. The van der Waals surface area contributed by atoms with Crippen LogP contribution in [0, 0.1) is 0 Å². The molecule has 7 N–H and O–H groups in total. The molecule has 0 saturated carbocycles. The number of aromatic nitrogens is 1. The van der Waals surface area contributed by atoms with E-state index in [4.69, 9.17) is 19.3 Å². The Bertz CT molecular complexity index is 1320. The van der Waals surface area contributed by atoms with Gasteiger partial charge in [0.15, 0.2) is 23.0 Å². The fourth-order valence-electron chi connectivity index (χ4n) is 4.66. The van der Waals surface area contributed by atoms with Crippen molar-refractivity contribution in [1.82, 2.24) is 15.6 Å². The van der Waals surface area contributed by atoms with Crippen LogP contribution in [0.4, 0.5) is 0 Å². The zero-order chi connectivity index (χ0) is 31.0. The van der Waals surface area contributed by atoms with E-state index in [-0.39, 0.29) is 41.1 Å². The summed E-state index contributed by atoms with van der Waals surface area (Å²) in [5, 5.41) is 54.4. The molecule has 0 spiro atoms. The number of benzene rings is 2. The first-order valence-corrected chi connectivity index (χ1v) is 13.7. The van der Waals surface area contributed by atoms with E-state index in [9.17, 15) is 20.4 Å². The number of aliphatic hydroxyl groups excluding tert-OH is 2. The molecule has 2 aromatic carbocycles. The summed E-state index contributed by atoms with van der Waals surface area (Å²) in [7, 11) is 4.76. The number of hydrogen-bond acceptors (Lipinski definition) is 11. The largest absolute Gasteiger partial charge is 0.506 e. The Morgan fingerprint density at radius 2 is 1.60 bits per heavy atom. The molecule has 42 heavy (non-hydrogen) atoms. The summed E-state index contributed by atoms with van der Waals surface area (Å²) in [6.07, 6.45) is 0.739. The molecule has 2 heterocycles. The van der Waals surface area contributed by atoms with Gasteiger partial charge in [-0.05, 0) is 93.2 Å². The lowest BCUT2D eigenvalue weighted by Gasteiger charge is -2.28. The molecule has 1 unspecified atom stereocenters. The molecule has 1 aliphatic heterocycles. The Kier molecular flexibility index (Phi) is 11.2. The number of ether oxygens (including phenoxy) is 3. The summed E-state index contributed by atoms with van der Waals surface area (Å²) in [6.45, 7) is 6.84. The zero-order valence-electron chi connectivity index (χ0n) is 25.1. The minimum atomic E-state index is -0.764. The molecule has 230 valence electrons. The lowest BCUT2D eigenvalue weighted by atomic mass is 9.89. The molecule has 3 aromatic rings. The van der Waals surface area contributed by atoms with Crippen LogP contribution in [0.15, 0.2) is 36.4 Å². The van der Waals surface area contributed by atoms with Gasteiger partial charge in [0.2, 0.25) is 5.75 Å². The molecule has 1 aromatic heterocycles. The molecule has 4 rings (SSSR count). The van der Waals surface area contributed by atoms with Crippen molar-refractivity contribution in [3.63, 3.8) is 0 Å². The molecular formula is C31H43N3O8. The number of phenolic OH excluding ortho intramolecular Hbond substituents is 2. The molecule has 2 atom stereocenters. The average Bonchev–Trinajstić information content (AvgIpc) is 2.96. The molecule has 0 bridgehead atoms. The van der Waals surface area contributed by atoms with E-state index < -0.39 is 6.10 Å². The second-order valence-electron chi connectivity index (χ2n) is 11.0. The standard InChI is InChI=1S/C19H23NO5.C12H20N2O3/c1-23-17-7-11(8-18(24-2)19(17)25-3)6-14-13-10-16(22)15(21)9-12(13)4-5-20-14;1-12(2,3)13-6-11(17)8-4-5-10(16)9(7-15)14-8/h7-10,14,20-22H,4-6H2,1-3H3;4-5,11,13,15-17H,6-7H2,1-3H3/t14-;/m0./s1. The van der Waals surface area contributed by atoms with Gasteiger partial charge in [0.25, 0.3) is 0 Å². The van der Waals surface area contributed by atoms with E-state index in [1.807, 2.05) is 32.9 Å². The number of aromatic hydroxyl groups is 3. The van der Waals surface area contributed by atoms with Crippen molar-refractivity contribution in [2.24, 2.45) is 0 Å². The highest BCUT2D eigenvalue weighted by molar-refractivity contribution is 5.54. The van der Waals surface area contributed by atoms with Crippen LogP contribution in [0.3, 0.4) is 0 Å². The maximum absolute atomic E-state index is 9.91. The molecular weight excluding hydrogens is 542 g/mol. The number of nitrogens with zero attached hydrogens (tertiary/aromatic N) is 1. The summed E-state index contributed by atoms with van der Waals surface area (Å²) >= 11 is 0. The van der Waals surface area contributed by atoms with Crippen molar-refractivity contribution in [2.75, 3.05) is 34.4 Å². The Morgan fingerprint density at radius 1 is 0.952 bits per heavy atom. The van der Waals surface area contributed by atoms with Gasteiger partial charge in [-0.25, -0.2) is 4.98 Å². The van der Waals surface area contributed by atoms with Gasteiger partial charge in [-0.3, -0.25) is 0 Å². The van der Waals surface area contributed by atoms with Crippen LogP contribution in [-0.2, 0) is 19.4 Å². The van der Waals surface area contributed by atoms with Crippen molar-refractivity contribution in [3.05, 3.63) is 64.5 Å². The Labute approximate surface area is 246 Å². The summed E-state index contributed by atoms with van der Waals surface area (Å²) in [6, 6.07) is 10.1. The molecule has 11 heteroatoms. The SMILES string of the molecule is CC(C)(C)NCC(O)c1ccc(O)c(CO)n1.COc1cc(C[C@@H]2NCCc3cc(O)c(O)cc32)cc(OC)c1OC. The number of hydrogen-bond donors (Lipinski definition) is 7. The third-order valence-electron chi connectivity index (χ3n) is 6.85. The van der Waals surface area contributed by atoms with Gasteiger partial charge >= 0.3 is 0 Å². The number of methoxy groups -OCH3 is 3. The van der Waals surface area contributed by atoms with E-state index >= 15 is 0 Å². The average molecular weight is 586 g/mol. The first kappa shape index (κ1) is 32.7. The minimum Gasteiger partial charge on any atom is -0.506 e. The Morgan fingerprint density at radius 3 is 2.17 bits per heavy atom. The predicted molar refractivity (Wildman–Crippen MR) is 159 cm³/mol. The van der Waals surface area contributed by atoms with Crippen molar-refractivity contribution in [1.29, 1.82) is 0 Å². The number of fused-ring (bicyclic) bond motifs is 1. The van der Waals surface area contributed by atoms with Gasteiger partial charge < -0.3 is 50.4 Å². The van der Waals surface area contributed by atoms with Crippen molar-refractivity contribution in [2.45, 2.75) is 57.9 Å². The number of phenols is 2. The van der Waals surface area contributed by atoms with Gasteiger partial charge in [-0.15, -0.1) is 0 Å². The third-order valence-corrected chi connectivity index (χ3v) is 6.85. The maximum Gasteiger partial charge on any atom is 0.203 e. The van der Waals surface area contributed by atoms with E-state index in [1.165, 1.54) is 6.07 Å². The van der Waals surface area contributed by atoms with Gasteiger partial charge in [0.05, 0.1) is 33.6 Å². The quantitative estimate of drug-likeness (QED) is 0.184. The number of aliphatic hydroxyl groups is 2. The highest BCUT2D eigenvalue weighted by Crippen LogP contribution is 2.40.